The molecule has 1 N–H and O–H groups in total. The van der Waals surface area contributed by atoms with Crippen LogP contribution in [0.25, 0.3) is 0 Å². The minimum Gasteiger partial charge on any atom is -0.457 e. The summed E-state index contributed by atoms with van der Waals surface area (Å²) in [6.45, 7) is -0.831. The summed E-state index contributed by atoms with van der Waals surface area (Å²) in [5.41, 5.74) is 0.796. The molecule has 0 unspecified atom stereocenters. The molecule has 0 aliphatic heterocycles. The van der Waals surface area contributed by atoms with Crippen LogP contribution in [0.15, 0.2) is 30.3 Å². The van der Waals surface area contributed by atoms with E-state index in [1.165, 1.54) is 0 Å². The van der Waals surface area contributed by atoms with Crippen molar-refractivity contribution in [1.29, 1.82) is 0 Å². The maximum absolute atomic E-state index is 12.2. The second-order valence-corrected chi connectivity index (χ2v) is 4.93. The van der Waals surface area contributed by atoms with Crippen molar-refractivity contribution >= 4 is 34.5 Å². The largest absolute Gasteiger partial charge is 0.490 e. The van der Waals surface area contributed by atoms with E-state index in [1.807, 2.05) is 0 Å². The van der Waals surface area contributed by atoms with Gasteiger partial charge >= 0.3 is 18.1 Å². The van der Waals surface area contributed by atoms with Gasteiger partial charge in [-0.3, -0.25) is 10.1 Å². The van der Waals surface area contributed by atoms with Gasteiger partial charge in [0.25, 0.3) is 0 Å². The molecular formula is C15H13F3INO4. The van der Waals surface area contributed by atoms with Crippen molar-refractivity contribution in [3.05, 3.63) is 35.9 Å². The Morgan fingerprint density at radius 2 is 1.88 bits per heavy atom. The molecule has 0 saturated heterocycles. The minimum absolute atomic E-state index is 0.183. The van der Waals surface area contributed by atoms with E-state index in [0.717, 1.165) is 5.56 Å². The highest BCUT2D eigenvalue weighted by molar-refractivity contribution is 14.1. The molecule has 0 radical (unpaired) electrons. The van der Waals surface area contributed by atoms with Crippen LogP contribution in [-0.4, -0.2) is 37.4 Å². The predicted molar refractivity (Wildman–Crippen MR) is 86.8 cm³/mol. The molecule has 0 fully saturated rings. The summed E-state index contributed by atoms with van der Waals surface area (Å²) in [5, 5.41) is 2.70. The Balaban J connectivity index is 2.65. The van der Waals surface area contributed by atoms with Crippen LogP contribution in [0.5, 0.6) is 0 Å². The Morgan fingerprint density at radius 3 is 2.46 bits per heavy atom. The minimum atomic E-state index is -5.12. The van der Waals surface area contributed by atoms with Crippen LogP contribution in [0.2, 0.25) is 0 Å². The monoisotopic (exact) mass is 455 g/mol. The Kier molecular flexibility index (Phi) is 8.56. The summed E-state index contributed by atoms with van der Waals surface area (Å²) in [5.74, 6) is -0.753. The first-order valence-corrected chi connectivity index (χ1v) is 7.69. The quantitative estimate of drug-likeness (QED) is 0.388. The molecule has 130 valence electrons. The Hall–Kier alpha value is -1.80. The van der Waals surface area contributed by atoms with Gasteiger partial charge in [0.2, 0.25) is 0 Å². The highest BCUT2D eigenvalue weighted by Crippen LogP contribution is 2.16. The number of halogens is 4. The molecule has 9 heteroatoms. The molecule has 0 aromatic heterocycles. The van der Waals surface area contributed by atoms with Gasteiger partial charge in [0.15, 0.2) is 6.61 Å². The number of nitrogens with one attached hydrogen (secondary N) is 1. The standard InChI is InChI=1S/C15H13F3INO4/c16-15(17,18)14(22)24-10-12(13(21)23-8-4-7-19)20-9-11-5-2-1-3-6-11/h1-3,5-6,12,20H,8-10H2/t12-/m0/s1. The van der Waals surface area contributed by atoms with Crippen molar-refractivity contribution in [2.24, 2.45) is 0 Å². The molecule has 1 aromatic rings. The van der Waals surface area contributed by atoms with Gasteiger partial charge in [-0.25, -0.2) is 4.79 Å². The van der Waals surface area contributed by atoms with Gasteiger partial charge in [0, 0.05) is 29.1 Å². The first kappa shape index (κ1) is 20.2. The van der Waals surface area contributed by atoms with Crippen LogP contribution < -0.4 is 5.32 Å². The topological polar surface area (TPSA) is 64.6 Å². The lowest BCUT2D eigenvalue weighted by atomic mass is 10.2. The number of carbonyl (C=O) groups is 2. The number of hydrogen-bond donors (Lipinski definition) is 1. The number of hydrogen-bond acceptors (Lipinski definition) is 5. The van der Waals surface area contributed by atoms with Gasteiger partial charge in [0.05, 0.1) is 0 Å². The third-order valence-corrected chi connectivity index (χ3v) is 3.03. The second kappa shape index (κ2) is 10.1. The molecule has 5 nitrogen and oxygen atoms in total. The summed E-state index contributed by atoms with van der Waals surface area (Å²) < 4.78 is 47.9. The summed E-state index contributed by atoms with van der Waals surface area (Å²) in [7, 11) is 0. The molecule has 0 amide bonds. The van der Waals surface area contributed by atoms with Crippen molar-refractivity contribution in [2.75, 3.05) is 13.2 Å². The Bertz CT molecular complexity index is 611. The number of carbonyl (C=O) groups excluding carboxylic acids is 2. The third-order valence-electron chi connectivity index (χ3n) is 2.65. The predicted octanol–water partition coefficient (Wildman–Crippen LogP) is 2.19. The zero-order valence-electron chi connectivity index (χ0n) is 12.2. The molecule has 0 aliphatic carbocycles. The van der Waals surface area contributed by atoms with E-state index in [2.05, 4.69) is 19.9 Å². The maximum Gasteiger partial charge on any atom is 0.490 e. The number of esters is 2. The summed E-state index contributed by atoms with van der Waals surface area (Å²) in [6, 6.07) is 7.61. The van der Waals surface area contributed by atoms with Crippen LogP contribution in [0, 0.1) is 9.85 Å². The molecule has 1 rings (SSSR count). The molecule has 0 heterocycles. The summed E-state index contributed by atoms with van der Waals surface area (Å²) >= 11 is 1.75. The third kappa shape index (κ3) is 7.65. The molecule has 0 bridgehead atoms. The van der Waals surface area contributed by atoms with Gasteiger partial charge < -0.3 is 9.47 Å². The molecule has 24 heavy (non-hydrogen) atoms. The summed E-state index contributed by atoms with van der Waals surface area (Å²) in [6.07, 6.45) is -5.12. The van der Waals surface area contributed by atoms with Crippen LogP contribution in [0.4, 0.5) is 13.2 Å². The zero-order valence-corrected chi connectivity index (χ0v) is 14.4. The fourth-order valence-electron chi connectivity index (χ4n) is 1.52. The van der Waals surface area contributed by atoms with E-state index in [4.69, 9.17) is 4.74 Å². The van der Waals surface area contributed by atoms with Crippen molar-refractivity contribution in [2.45, 2.75) is 18.8 Å². The van der Waals surface area contributed by atoms with E-state index in [1.54, 1.807) is 52.9 Å². The number of alkyl halides is 3. The molecular weight excluding hydrogens is 442 g/mol. The van der Waals surface area contributed by atoms with Gasteiger partial charge in [-0.15, -0.1) is 0 Å². The number of benzene rings is 1. The average molecular weight is 455 g/mol. The maximum atomic E-state index is 12.2. The zero-order chi connectivity index (χ0) is 18.0. The van der Waals surface area contributed by atoms with E-state index in [0.29, 0.717) is 0 Å². The van der Waals surface area contributed by atoms with Crippen molar-refractivity contribution < 1.29 is 32.2 Å². The first-order valence-electron chi connectivity index (χ1n) is 6.61. The first-order chi connectivity index (χ1) is 11.3. The van der Waals surface area contributed by atoms with Crippen LogP contribution in [0.3, 0.4) is 0 Å². The van der Waals surface area contributed by atoms with Crippen molar-refractivity contribution in [3.63, 3.8) is 0 Å². The van der Waals surface area contributed by atoms with Crippen molar-refractivity contribution in [1.82, 2.24) is 5.32 Å². The smallest absolute Gasteiger partial charge is 0.457 e. The molecule has 0 aliphatic rings. The molecule has 1 atom stereocenters. The summed E-state index contributed by atoms with van der Waals surface area (Å²) in [4.78, 5) is 22.6. The lowest BCUT2D eigenvalue weighted by molar-refractivity contribution is -0.200. The normalized spacial score (nSPS) is 11.8. The SMILES string of the molecule is O=C(OCC#CI)[C@H](COC(=O)C(F)(F)F)NCc1ccccc1. The fourth-order valence-corrected chi connectivity index (χ4v) is 1.68. The Labute approximate surface area is 150 Å². The lowest BCUT2D eigenvalue weighted by Crippen LogP contribution is -2.43. The molecule has 0 spiro atoms. The van der Waals surface area contributed by atoms with Gasteiger partial charge in [-0.2, -0.15) is 13.2 Å². The number of rotatable bonds is 7. The van der Waals surface area contributed by atoms with E-state index in [-0.39, 0.29) is 13.2 Å². The lowest BCUT2D eigenvalue weighted by Gasteiger charge is -2.17. The number of ether oxygens (including phenoxy) is 2. The van der Waals surface area contributed by atoms with Crippen LogP contribution in [-0.2, 0) is 25.6 Å². The van der Waals surface area contributed by atoms with Crippen molar-refractivity contribution in [3.8, 4) is 9.85 Å². The molecule has 1 aromatic carbocycles. The average Bonchev–Trinajstić information content (AvgIpc) is 2.54. The van der Waals surface area contributed by atoms with Crippen LogP contribution >= 0.6 is 22.6 Å². The van der Waals surface area contributed by atoms with E-state index < -0.39 is 30.8 Å². The van der Waals surface area contributed by atoms with Gasteiger partial charge in [-0.05, 0) is 9.49 Å². The fraction of sp³-hybridized carbons (Fsp3) is 0.333. The van der Waals surface area contributed by atoms with Gasteiger partial charge in [-0.1, -0.05) is 36.3 Å². The van der Waals surface area contributed by atoms with Gasteiger partial charge in [0.1, 0.15) is 12.6 Å². The second-order valence-electron chi connectivity index (χ2n) is 4.39. The Morgan fingerprint density at radius 1 is 1.21 bits per heavy atom. The van der Waals surface area contributed by atoms with Crippen LogP contribution in [0.1, 0.15) is 5.56 Å². The highest BCUT2D eigenvalue weighted by Gasteiger charge is 2.41. The van der Waals surface area contributed by atoms with E-state index in [9.17, 15) is 22.8 Å². The molecule has 0 saturated carbocycles. The van der Waals surface area contributed by atoms with E-state index >= 15 is 0 Å². The highest BCUT2D eigenvalue weighted by atomic mass is 127.